The molecule has 0 amide bonds. The SMILES string of the molecule is CC1CCN(C(C)C2CCCO2)CCN1. The van der Waals surface area contributed by atoms with Gasteiger partial charge in [-0.2, -0.15) is 0 Å². The van der Waals surface area contributed by atoms with Crippen molar-refractivity contribution in [3.05, 3.63) is 0 Å². The predicted octanol–water partition coefficient (Wildman–Crippen LogP) is 1.24. The second-order valence-corrected chi connectivity index (χ2v) is 4.97. The molecule has 0 aromatic carbocycles. The zero-order valence-electron chi connectivity index (χ0n) is 10.0. The van der Waals surface area contributed by atoms with Crippen molar-refractivity contribution in [1.29, 1.82) is 0 Å². The van der Waals surface area contributed by atoms with E-state index in [1.54, 1.807) is 0 Å². The van der Waals surface area contributed by atoms with Crippen LogP contribution in [0.3, 0.4) is 0 Å². The average Bonchev–Trinajstić information content (AvgIpc) is 2.67. The van der Waals surface area contributed by atoms with Crippen LogP contribution >= 0.6 is 0 Å². The monoisotopic (exact) mass is 212 g/mol. The van der Waals surface area contributed by atoms with Gasteiger partial charge in [0.1, 0.15) is 0 Å². The molecule has 2 rings (SSSR count). The molecular formula is C12H24N2O. The Hall–Kier alpha value is -0.120. The Morgan fingerprint density at radius 3 is 2.93 bits per heavy atom. The molecule has 2 heterocycles. The number of nitrogens with zero attached hydrogens (tertiary/aromatic N) is 1. The molecule has 2 aliphatic rings. The van der Waals surface area contributed by atoms with Crippen LogP contribution in [-0.2, 0) is 4.74 Å². The fourth-order valence-electron chi connectivity index (χ4n) is 2.65. The molecule has 0 aromatic heterocycles. The summed E-state index contributed by atoms with van der Waals surface area (Å²) < 4.78 is 5.77. The number of ether oxygens (including phenoxy) is 1. The summed E-state index contributed by atoms with van der Waals surface area (Å²) in [6, 6.07) is 1.27. The standard InChI is InChI=1S/C12H24N2O/c1-10-5-7-14(8-6-13-10)11(2)12-4-3-9-15-12/h10-13H,3-9H2,1-2H3. The number of hydrogen-bond donors (Lipinski definition) is 1. The van der Waals surface area contributed by atoms with Gasteiger partial charge in [-0.3, -0.25) is 4.90 Å². The van der Waals surface area contributed by atoms with E-state index in [-0.39, 0.29) is 0 Å². The second-order valence-electron chi connectivity index (χ2n) is 4.97. The van der Waals surface area contributed by atoms with E-state index in [0.29, 0.717) is 18.2 Å². The summed E-state index contributed by atoms with van der Waals surface area (Å²) in [5.74, 6) is 0. The van der Waals surface area contributed by atoms with Gasteiger partial charge in [-0.05, 0) is 33.1 Å². The first-order chi connectivity index (χ1) is 7.27. The molecule has 3 atom stereocenters. The summed E-state index contributed by atoms with van der Waals surface area (Å²) >= 11 is 0. The Labute approximate surface area is 93.2 Å². The highest BCUT2D eigenvalue weighted by atomic mass is 16.5. The molecule has 0 bridgehead atoms. The molecule has 1 N–H and O–H groups in total. The maximum absolute atomic E-state index is 5.77. The van der Waals surface area contributed by atoms with Crippen LogP contribution in [0.2, 0.25) is 0 Å². The van der Waals surface area contributed by atoms with Gasteiger partial charge >= 0.3 is 0 Å². The zero-order chi connectivity index (χ0) is 10.7. The van der Waals surface area contributed by atoms with Crippen LogP contribution < -0.4 is 5.32 Å². The van der Waals surface area contributed by atoms with Crippen LogP contribution in [0.4, 0.5) is 0 Å². The maximum Gasteiger partial charge on any atom is 0.0728 e. The molecule has 0 radical (unpaired) electrons. The summed E-state index contributed by atoms with van der Waals surface area (Å²) in [6.07, 6.45) is 4.24. The van der Waals surface area contributed by atoms with Gasteiger partial charge in [0.15, 0.2) is 0 Å². The quantitative estimate of drug-likeness (QED) is 0.745. The lowest BCUT2D eigenvalue weighted by Crippen LogP contribution is -2.43. The Morgan fingerprint density at radius 1 is 1.33 bits per heavy atom. The first-order valence-electron chi connectivity index (χ1n) is 6.36. The molecule has 0 saturated carbocycles. The zero-order valence-corrected chi connectivity index (χ0v) is 10.0. The third kappa shape index (κ3) is 2.92. The van der Waals surface area contributed by atoms with Gasteiger partial charge in [0.2, 0.25) is 0 Å². The largest absolute Gasteiger partial charge is 0.377 e. The lowest BCUT2D eigenvalue weighted by atomic mass is 10.1. The third-order valence-corrected chi connectivity index (χ3v) is 3.82. The van der Waals surface area contributed by atoms with Crippen LogP contribution in [0, 0.1) is 0 Å². The molecular weight excluding hydrogens is 188 g/mol. The van der Waals surface area contributed by atoms with Gasteiger partial charge in [0.05, 0.1) is 6.10 Å². The molecule has 2 saturated heterocycles. The molecule has 0 spiro atoms. The maximum atomic E-state index is 5.77. The summed E-state index contributed by atoms with van der Waals surface area (Å²) in [6.45, 7) is 9.09. The summed E-state index contributed by atoms with van der Waals surface area (Å²) in [5, 5.41) is 3.54. The highest BCUT2D eigenvalue weighted by Gasteiger charge is 2.28. The minimum Gasteiger partial charge on any atom is -0.377 e. The van der Waals surface area contributed by atoms with E-state index in [1.165, 1.54) is 32.4 Å². The lowest BCUT2D eigenvalue weighted by Gasteiger charge is -2.31. The first-order valence-corrected chi connectivity index (χ1v) is 6.36. The first kappa shape index (κ1) is 11.4. The van der Waals surface area contributed by atoms with E-state index in [9.17, 15) is 0 Å². The van der Waals surface area contributed by atoms with Gasteiger partial charge in [0, 0.05) is 38.3 Å². The van der Waals surface area contributed by atoms with E-state index < -0.39 is 0 Å². The third-order valence-electron chi connectivity index (χ3n) is 3.82. The molecule has 15 heavy (non-hydrogen) atoms. The van der Waals surface area contributed by atoms with Crippen LogP contribution in [0.1, 0.15) is 33.1 Å². The molecule has 3 unspecified atom stereocenters. The van der Waals surface area contributed by atoms with E-state index >= 15 is 0 Å². The van der Waals surface area contributed by atoms with Crippen molar-refractivity contribution in [3.8, 4) is 0 Å². The molecule has 2 fully saturated rings. The highest BCUT2D eigenvalue weighted by molar-refractivity contribution is 4.82. The Morgan fingerprint density at radius 2 is 2.20 bits per heavy atom. The van der Waals surface area contributed by atoms with Crippen LogP contribution in [-0.4, -0.2) is 49.3 Å². The molecule has 3 nitrogen and oxygen atoms in total. The summed E-state index contributed by atoms with van der Waals surface area (Å²) in [4.78, 5) is 2.59. The van der Waals surface area contributed by atoms with Crippen LogP contribution in [0.25, 0.3) is 0 Å². The Bertz CT molecular complexity index is 192. The highest BCUT2D eigenvalue weighted by Crippen LogP contribution is 2.20. The van der Waals surface area contributed by atoms with Crippen molar-refractivity contribution in [1.82, 2.24) is 10.2 Å². The second kappa shape index (κ2) is 5.28. The number of nitrogens with one attached hydrogen (secondary N) is 1. The van der Waals surface area contributed by atoms with Crippen LogP contribution in [0.15, 0.2) is 0 Å². The van der Waals surface area contributed by atoms with Gasteiger partial charge in [-0.1, -0.05) is 0 Å². The van der Waals surface area contributed by atoms with E-state index in [1.807, 2.05) is 0 Å². The van der Waals surface area contributed by atoms with Crippen molar-refractivity contribution in [3.63, 3.8) is 0 Å². The molecule has 0 aliphatic carbocycles. The van der Waals surface area contributed by atoms with Crippen molar-refractivity contribution >= 4 is 0 Å². The molecule has 0 aromatic rings. The van der Waals surface area contributed by atoms with Gasteiger partial charge in [-0.25, -0.2) is 0 Å². The fourth-order valence-corrected chi connectivity index (χ4v) is 2.65. The number of rotatable bonds is 2. The van der Waals surface area contributed by atoms with Crippen molar-refractivity contribution in [2.24, 2.45) is 0 Å². The van der Waals surface area contributed by atoms with E-state index in [2.05, 4.69) is 24.1 Å². The minimum atomic E-state index is 0.485. The van der Waals surface area contributed by atoms with Crippen LogP contribution in [0.5, 0.6) is 0 Å². The smallest absolute Gasteiger partial charge is 0.0728 e. The Balaban J connectivity index is 1.85. The van der Waals surface area contributed by atoms with Crippen molar-refractivity contribution < 1.29 is 4.74 Å². The van der Waals surface area contributed by atoms with E-state index in [0.717, 1.165) is 13.2 Å². The normalized spacial score (nSPS) is 36.4. The van der Waals surface area contributed by atoms with Gasteiger partial charge in [0.25, 0.3) is 0 Å². The summed E-state index contributed by atoms with van der Waals surface area (Å²) in [7, 11) is 0. The van der Waals surface area contributed by atoms with E-state index in [4.69, 9.17) is 4.74 Å². The minimum absolute atomic E-state index is 0.485. The van der Waals surface area contributed by atoms with Crippen molar-refractivity contribution in [2.45, 2.75) is 51.3 Å². The predicted molar refractivity (Wildman–Crippen MR) is 62.1 cm³/mol. The number of hydrogen-bond acceptors (Lipinski definition) is 3. The topological polar surface area (TPSA) is 24.5 Å². The Kier molecular flexibility index (Phi) is 4.00. The molecule has 88 valence electrons. The molecule has 2 aliphatic heterocycles. The van der Waals surface area contributed by atoms with Gasteiger partial charge < -0.3 is 10.1 Å². The van der Waals surface area contributed by atoms with Gasteiger partial charge in [-0.15, -0.1) is 0 Å². The fraction of sp³-hybridized carbons (Fsp3) is 1.00. The molecule has 3 heteroatoms. The summed E-state index contributed by atoms with van der Waals surface area (Å²) in [5.41, 5.74) is 0. The lowest BCUT2D eigenvalue weighted by molar-refractivity contribution is 0.0337. The van der Waals surface area contributed by atoms with Crippen molar-refractivity contribution in [2.75, 3.05) is 26.2 Å². The average molecular weight is 212 g/mol.